The van der Waals surface area contributed by atoms with Gasteiger partial charge in [-0.15, -0.1) is 0 Å². The Labute approximate surface area is 131 Å². The Morgan fingerprint density at radius 2 is 2.14 bits per heavy atom. The smallest absolute Gasteiger partial charge is 0.189 e. The molecule has 0 saturated carbocycles. The summed E-state index contributed by atoms with van der Waals surface area (Å²) < 4.78 is 18.7. The molecule has 0 amide bonds. The van der Waals surface area contributed by atoms with Crippen LogP contribution in [0.3, 0.4) is 0 Å². The van der Waals surface area contributed by atoms with E-state index in [1.54, 1.807) is 12.1 Å². The molecule has 0 aliphatic rings. The van der Waals surface area contributed by atoms with Gasteiger partial charge in [0.1, 0.15) is 17.4 Å². The lowest BCUT2D eigenvalue weighted by Crippen LogP contribution is -2.03. The Morgan fingerprint density at radius 1 is 1.33 bits per heavy atom. The number of nitrogens with two attached hydrogens (primary N) is 1. The Kier molecular flexibility index (Phi) is 5.64. The summed E-state index contributed by atoms with van der Waals surface area (Å²) in [7, 11) is 0. The first kappa shape index (κ1) is 15.9. The monoisotopic (exact) mass is 327 g/mol. The lowest BCUT2D eigenvalue weighted by Gasteiger charge is -2.07. The van der Waals surface area contributed by atoms with Gasteiger partial charge in [-0.25, -0.2) is 14.4 Å². The van der Waals surface area contributed by atoms with Crippen LogP contribution >= 0.6 is 23.4 Å². The van der Waals surface area contributed by atoms with Crippen molar-refractivity contribution in [3.8, 4) is 5.75 Å². The average Bonchev–Trinajstić information content (AvgIpc) is 2.46. The standard InChI is InChI=1S/C14H15ClFN3OS/c1-2-9-7-13(17)19-14(18-9)21-6-5-20-10-3-4-11(15)12(16)8-10/h3-4,7-8H,2,5-6H2,1H3,(H2,17,18,19). The van der Waals surface area contributed by atoms with Crippen LogP contribution in [0.1, 0.15) is 12.6 Å². The van der Waals surface area contributed by atoms with Crippen molar-refractivity contribution in [2.75, 3.05) is 18.1 Å². The van der Waals surface area contributed by atoms with E-state index in [1.807, 2.05) is 6.92 Å². The summed E-state index contributed by atoms with van der Waals surface area (Å²) in [5, 5.41) is 0.703. The molecule has 112 valence electrons. The van der Waals surface area contributed by atoms with Crippen LogP contribution in [0.15, 0.2) is 29.4 Å². The number of hydrogen-bond donors (Lipinski definition) is 1. The summed E-state index contributed by atoms with van der Waals surface area (Å²) in [6.07, 6.45) is 0.806. The van der Waals surface area contributed by atoms with Gasteiger partial charge in [-0.05, 0) is 18.6 Å². The molecule has 0 aliphatic carbocycles. The van der Waals surface area contributed by atoms with Crippen LogP contribution < -0.4 is 10.5 Å². The number of aryl methyl sites for hydroxylation is 1. The highest BCUT2D eigenvalue weighted by Gasteiger charge is 2.04. The maximum absolute atomic E-state index is 13.2. The summed E-state index contributed by atoms with van der Waals surface area (Å²) in [5.74, 6) is 1.05. The number of halogens is 2. The van der Waals surface area contributed by atoms with Crippen LogP contribution in [0.4, 0.5) is 10.2 Å². The molecule has 0 atom stereocenters. The van der Waals surface area contributed by atoms with Crippen LogP contribution in [0, 0.1) is 5.82 Å². The third-order valence-electron chi connectivity index (χ3n) is 2.62. The predicted octanol–water partition coefficient (Wildman–Crippen LogP) is 3.58. The largest absolute Gasteiger partial charge is 0.493 e. The van der Waals surface area contributed by atoms with Gasteiger partial charge < -0.3 is 10.5 Å². The van der Waals surface area contributed by atoms with E-state index >= 15 is 0 Å². The predicted molar refractivity (Wildman–Crippen MR) is 83.5 cm³/mol. The van der Waals surface area contributed by atoms with Crippen molar-refractivity contribution < 1.29 is 9.13 Å². The molecule has 0 radical (unpaired) electrons. The minimum atomic E-state index is -0.492. The molecule has 4 nitrogen and oxygen atoms in total. The van der Waals surface area contributed by atoms with Gasteiger partial charge in [-0.3, -0.25) is 0 Å². The highest BCUT2D eigenvalue weighted by Crippen LogP contribution is 2.21. The number of aromatic nitrogens is 2. The molecule has 0 bridgehead atoms. The molecule has 0 saturated heterocycles. The molecule has 21 heavy (non-hydrogen) atoms. The highest BCUT2D eigenvalue weighted by atomic mass is 35.5. The molecule has 0 spiro atoms. The number of benzene rings is 1. The number of hydrogen-bond acceptors (Lipinski definition) is 5. The maximum Gasteiger partial charge on any atom is 0.189 e. The van der Waals surface area contributed by atoms with E-state index in [0.29, 0.717) is 29.1 Å². The molecule has 1 aromatic carbocycles. The second-order valence-corrected chi connectivity index (χ2v) is 5.66. The quantitative estimate of drug-likeness (QED) is 0.499. The highest BCUT2D eigenvalue weighted by molar-refractivity contribution is 7.99. The van der Waals surface area contributed by atoms with Crippen LogP contribution in [0.5, 0.6) is 5.75 Å². The summed E-state index contributed by atoms with van der Waals surface area (Å²) >= 11 is 7.05. The first-order chi connectivity index (χ1) is 10.1. The number of ether oxygens (including phenoxy) is 1. The van der Waals surface area contributed by atoms with Gasteiger partial charge in [-0.2, -0.15) is 0 Å². The molecule has 0 fully saturated rings. The molecule has 0 unspecified atom stereocenters. The van der Waals surface area contributed by atoms with Gasteiger partial charge in [0.25, 0.3) is 0 Å². The van der Waals surface area contributed by atoms with Crippen molar-refractivity contribution in [3.05, 3.63) is 40.8 Å². The van der Waals surface area contributed by atoms with E-state index in [4.69, 9.17) is 22.1 Å². The zero-order valence-electron chi connectivity index (χ0n) is 11.5. The van der Waals surface area contributed by atoms with Gasteiger partial charge in [0.05, 0.1) is 11.6 Å². The van der Waals surface area contributed by atoms with E-state index < -0.39 is 5.82 Å². The molecule has 1 heterocycles. The summed E-state index contributed by atoms with van der Waals surface area (Å²) in [6, 6.07) is 6.12. The fourth-order valence-electron chi connectivity index (χ4n) is 1.60. The zero-order chi connectivity index (χ0) is 15.2. The van der Waals surface area contributed by atoms with Crippen LogP contribution in [-0.2, 0) is 6.42 Å². The Morgan fingerprint density at radius 3 is 2.86 bits per heavy atom. The van der Waals surface area contributed by atoms with Gasteiger partial charge >= 0.3 is 0 Å². The van der Waals surface area contributed by atoms with Crippen LogP contribution in [0.2, 0.25) is 5.02 Å². The molecule has 2 N–H and O–H groups in total. The number of nitrogen functional groups attached to an aromatic ring is 1. The number of nitrogens with zero attached hydrogens (tertiary/aromatic N) is 2. The third-order valence-corrected chi connectivity index (χ3v) is 3.73. The normalized spacial score (nSPS) is 10.6. The van der Waals surface area contributed by atoms with Crippen molar-refractivity contribution in [2.24, 2.45) is 0 Å². The molecule has 2 aromatic rings. The Hall–Kier alpha value is -1.53. The first-order valence-corrected chi connectivity index (χ1v) is 7.79. The fourth-order valence-corrected chi connectivity index (χ4v) is 2.42. The molecular formula is C14H15ClFN3OS. The maximum atomic E-state index is 13.2. The van der Waals surface area contributed by atoms with E-state index in [2.05, 4.69) is 9.97 Å². The summed E-state index contributed by atoms with van der Waals surface area (Å²) in [5.41, 5.74) is 6.62. The Balaban J connectivity index is 1.84. The lowest BCUT2D eigenvalue weighted by molar-refractivity contribution is 0.342. The fraction of sp³-hybridized carbons (Fsp3) is 0.286. The molecule has 0 aliphatic heterocycles. The van der Waals surface area contributed by atoms with Crippen molar-refractivity contribution >= 4 is 29.2 Å². The average molecular weight is 328 g/mol. The number of anilines is 1. The van der Waals surface area contributed by atoms with Crippen molar-refractivity contribution in [2.45, 2.75) is 18.5 Å². The van der Waals surface area contributed by atoms with Crippen molar-refractivity contribution in [1.29, 1.82) is 0 Å². The molecule has 1 aromatic heterocycles. The molecule has 2 rings (SSSR count). The van der Waals surface area contributed by atoms with Crippen molar-refractivity contribution in [1.82, 2.24) is 9.97 Å². The van der Waals surface area contributed by atoms with E-state index in [9.17, 15) is 4.39 Å². The van der Waals surface area contributed by atoms with E-state index in [1.165, 1.54) is 23.9 Å². The Bertz CT molecular complexity index is 627. The van der Waals surface area contributed by atoms with Gasteiger partial charge in [0.15, 0.2) is 5.16 Å². The van der Waals surface area contributed by atoms with E-state index in [0.717, 1.165) is 12.1 Å². The molecule has 7 heteroatoms. The second kappa shape index (κ2) is 7.47. The number of thioether (sulfide) groups is 1. The third kappa shape index (κ3) is 4.75. The summed E-state index contributed by atoms with van der Waals surface area (Å²) in [6.45, 7) is 2.42. The minimum absolute atomic E-state index is 0.0805. The van der Waals surface area contributed by atoms with E-state index in [-0.39, 0.29) is 5.02 Å². The second-order valence-electron chi connectivity index (χ2n) is 4.19. The van der Waals surface area contributed by atoms with Crippen LogP contribution in [-0.4, -0.2) is 22.3 Å². The topological polar surface area (TPSA) is 61.0 Å². The minimum Gasteiger partial charge on any atom is -0.493 e. The molecular weight excluding hydrogens is 313 g/mol. The van der Waals surface area contributed by atoms with Crippen LogP contribution in [0.25, 0.3) is 0 Å². The lowest BCUT2D eigenvalue weighted by atomic mass is 10.3. The first-order valence-electron chi connectivity index (χ1n) is 6.42. The van der Waals surface area contributed by atoms with Gasteiger partial charge in [0.2, 0.25) is 0 Å². The van der Waals surface area contributed by atoms with Gasteiger partial charge in [0, 0.05) is 23.6 Å². The van der Waals surface area contributed by atoms with Crippen molar-refractivity contribution in [3.63, 3.8) is 0 Å². The SMILES string of the molecule is CCc1cc(N)nc(SCCOc2ccc(Cl)c(F)c2)n1. The summed E-state index contributed by atoms with van der Waals surface area (Å²) in [4.78, 5) is 8.51. The van der Waals surface area contributed by atoms with Gasteiger partial charge in [-0.1, -0.05) is 30.3 Å². The number of rotatable bonds is 6. The zero-order valence-corrected chi connectivity index (χ0v) is 13.0.